The Morgan fingerprint density at radius 1 is 1.00 bits per heavy atom. The van der Waals surface area contributed by atoms with Gasteiger partial charge in [0, 0.05) is 6.42 Å². The van der Waals surface area contributed by atoms with Crippen molar-refractivity contribution in [3.8, 4) is 0 Å². The zero-order chi connectivity index (χ0) is 20.3. The van der Waals surface area contributed by atoms with Crippen LogP contribution >= 0.6 is 0 Å². The van der Waals surface area contributed by atoms with Gasteiger partial charge in [-0.2, -0.15) is 0 Å². The predicted molar refractivity (Wildman–Crippen MR) is 109 cm³/mol. The van der Waals surface area contributed by atoms with Crippen molar-refractivity contribution in [2.24, 2.45) is 46.3 Å². The Morgan fingerprint density at radius 3 is 2.39 bits per heavy atom. The molecular weight excluding hydrogens is 352 g/mol. The standard InChI is InChI=1S/C24H40O4/c1-14(4-7-21(27)28)17-5-6-18-22-19(9-11-24(17,18)3)23(2)10-8-16(25)12-15(23)13-20(22)26/h14-20,22,25-26H,4-13H2,1-3H3,(H,27,28)/t14-,15-,16+,17+,18-,19-,20+,22+,23+,24-/m1/s1. The second kappa shape index (κ2) is 7.27. The monoisotopic (exact) mass is 392 g/mol. The minimum absolute atomic E-state index is 0.179. The van der Waals surface area contributed by atoms with Crippen LogP contribution in [0.5, 0.6) is 0 Å². The van der Waals surface area contributed by atoms with Gasteiger partial charge in [0.25, 0.3) is 0 Å². The molecule has 3 N–H and O–H groups in total. The summed E-state index contributed by atoms with van der Waals surface area (Å²) < 4.78 is 0. The van der Waals surface area contributed by atoms with E-state index < -0.39 is 5.97 Å². The molecule has 4 rings (SSSR count). The third-order valence-electron chi connectivity index (χ3n) is 10.2. The van der Waals surface area contributed by atoms with Gasteiger partial charge in [-0.25, -0.2) is 0 Å². The molecule has 28 heavy (non-hydrogen) atoms. The van der Waals surface area contributed by atoms with Crippen LogP contribution in [0.3, 0.4) is 0 Å². The molecule has 0 aromatic carbocycles. The Bertz CT molecular complexity index is 605. The van der Waals surface area contributed by atoms with Crippen LogP contribution in [0.4, 0.5) is 0 Å². The third-order valence-corrected chi connectivity index (χ3v) is 10.2. The van der Waals surface area contributed by atoms with E-state index in [-0.39, 0.29) is 29.5 Å². The van der Waals surface area contributed by atoms with E-state index in [0.29, 0.717) is 35.5 Å². The third kappa shape index (κ3) is 3.14. The lowest BCUT2D eigenvalue weighted by atomic mass is 9.43. The average molecular weight is 393 g/mol. The molecule has 0 radical (unpaired) electrons. The molecular formula is C24H40O4. The van der Waals surface area contributed by atoms with E-state index in [1.165, 1.54) is 25.7 Å². The summed E-state index contributed by atoms with van der Waals surface area (Å²) in [5, 5.41) is 30.5. The Hall–Kier alpha value is -0.610. The number of aliphatic hydroxyl groups excluding tert-OH is 2. The molecule has 4 aliphatic rings. The van der Waals surface area contributed by atoms with Gasteiger partial charge in [0.15, 0.2) is 0 Å². The van der Waals surface area contributed by atoms with Crippen molar-refractivity contribution in [1.29, 1.82) is 0 Å². The normalized spacial score (nSPS) is 51.7. The molecule has 4 heteroatoms. The fourth-order valence-electron chi connectivity index (χ4n) is 8.73. The first-order valence-electron chi connectivity index (χ1n) is 11.7. The number of carbonyl (C=O) groups is 1. The largest absolute Gasteiger partial charge is 0.481 e. The van der Waals surface area contributed by atoms with Gasteiger partial charge in [-0.1, -0.05) is 20.8 Å². The van der Waals surface area contributed by atoms with Crippen molar-refractivity contribution >= 4 is 5.97 Å². The van der Waals surface area contributed by atoms with Gasteiger partial charge >= 0.3 is 5.97 Å². The van der Waals surface area contributed by atoms with E-state index >= 15 is 0 Å². The molecule has 0 aliphatic heterocycles. The molecule has 10 atom stereocenters. The molecule has 0 amide bonds. The first kappa shape index (κ1) is 20.7. The number of aliphatic carboxylic acids is 1. The summed E-state index contributed by atoms with van der Waals surface area (Å²) in [6.45, 7) is 7.16. The molecule has 160 valence electrons. The summed E-state index contributed by atoms with van der Waals surface area (Å²) in [7, 11) is 0. The van der Waals surface area contributed by atoms with E-state index in [1.54, 1.807) is 0 Å². The van der Waals surface area contributed by atoms with Crippen molar-refractivity contribution in [3.05, 3.63) is 0 Å². The number of hydrogen-bond donors (Lipinski definition) is 3. The Labute approximate surface area is 170 Å². The zero-order valence-electron chi connectivity index (χ0n) is 17.9. The molecule has 4 nitrogen and oxygen atoms in total. The number of hydrogen-bond acceptors (Lipinski definition) is 3. The number of aliphatic hydroxyl groups is 2. The highest BCUT2D eigenvalue weighted by molar-refractivity contribution is 5.66. The molecule has 4 saturated carbocycles. The smallest absolute Gasteiger partial charge is 0.303 e. The molecule has 0 aromatic heterocycles. The van der Waals surface area contributed by atoms with Crippen molar-refractivity contribution < 1.29 is 20.1 Å². The second-order valence-corrected chi connectivity index (χ2v) is 11.4. The topological polar surface area (TPSA) is 77.8 Å². The lowest BCUT2D eigenvalue weighted by molar-refractivity contribution is -0.174. The average Bonchev–Trinajstić information content (AvgIpc) is 2.98. The van der Waals surface area contributed by atoms with Crippen LogP contribution in [0.25, 0.3) is 0 Å². The zero-order valence-corrected chi connectivity index (χ0v) is 17.9. The van der Waals surface area contributed by atoms with Gasteiger partial charge in [0.2, 0.25) is 0 Å². The fraction of sp³-hybridized carbons (Fsp3) is 0.958. The van der Waals surface area contributed by atoms with Gasteiger partial charge in [0.1, 0.15) is 0 Å². The first-order chi connectivity index (χ1) is 13.2. The molecule has 0 bridgehead atoms. The highest BCUT2D eigenvalue weighted by atomic mass is 16.4. The molecule has 4 fully saturated rings. The maximum Gasteiger partial charge on any atom is 0.303 e. The molecule has 0 aromatic rings. The van der Waals surface area contributed by atoms with Crippen LogP contribution in [-0.4, -0.2) is 33.5 Å². The van der Waals surface area contributed by atoms with Crippen molar-refractivity contribution in [2.75, 3.05) is 0 Å². The summed E-state index contributed by atoms with van der Waals surface area (Å²) in [6, 6.07) is 0. The Balaban J connectivity index is 1.55. The van der Waals surface area contributed by atoms with Gasteiger partial charge in [-0.05, 0) is 104 Å². The molecule has 0 spiro atoms. The lowest BCUT2D eigenvalue weighted by Gasteiger charge is -2.62. The van der Waals surface area contributed by atoms with Crippen LogP contribution < -0.4 is 0 Å². The molecule has 0 heterocycles. The van der Waals surface area contributed by atoms with Crippen LogP contribution in [0, 0.1) is 46.3 Å². The number of fused-ring (bicyclic) bond motifs is 5. The van der Waals surface area contributed by atoms with Crippen molar-refractivity contribution in [1.82, 2.24) is 0 Å². The Morgan fingerprint density at radius 2 is 1.68 bits per heavy atom. The van der Waals surface area contributed by atoms with Crippen LogP contribution in [0.15, 0.2) is 0 Å². The minimum atomic E-state index is -0.684. The van der Waals surface area contributed by atoms with Crippen LogP contribution in [0.2, 0.25) is 0 Å². The lowest BCUT2D eigenvalue weighted by Crippen LogP contribution is -2.58. The minimum Gasteiger partial charge on any atom is -0.481 e. The number of rotatable bonds is 4. The maximum atomic E-state index is 11.2. The SMILES string of the molecule is C[C@H](CCC(=O)O)[C@@H]1CC[C@@H]2[C@H]3[C@@H](CC[C@@]21C)[C@@]1(C)CC[C@H](O)C[C@@H]1C[C@@H]3O. The predicted octanol–water partition coefficient (Wildman–Crippen LogP) is 4.48. The molecule has 4 aliphatic carbocycles. The van der Waals surface area contributed by atoms with E-state index in [2.05, 4.69) is 20.8 Å². The summed E-state index contributed by atoms with van der Waals surface area (Å²) in [6.07, 6.45) is 9.19. The van der Waals surface area contributed by atoms with Crippen LogP contribution in [-0.2, 0) is 4.79 Å². The maximum absolute atomic E-state index is 11.2. The van der Waals surface area contributed by atoms with Gasteiger partial charge in [0.05, 0.1) is 12.2 Å². The van der Waals surface area contributed by atoms with Gasteiger partial charge in [-0.3, -0.25) is 4.79 Å². The summed E-state index contributed by atoms with van der Waals surface area (Å²) >= 11 is 0. The highest BCUT2D eigenvalue weighted by Crippen LogP contribution is 2.68. The summed E-state index contributed by atoms with van der Waals surface area (Å²) in [5.41, 5.74) is 0.523. The highest BCUT2D eigenvalue weighted by Gasteiger charge is 2.62. The van der Waals surface area contributed by atoms with E-state index in [9.17, 15) is 15.0 Å². The Kier molecular flexibility index (Phi) is 5.36. The van der Waals surface area contributed by atoms with Crippen molar-refractivity contribution in [2.45, 2.75) is 97.2 Å². The van der Waals surface area contributed by atoms with Crippen LogP contribution in [0.1, 0.15) is 85.0 Å². The van der Waals surface area contributed by atoms with Gasteiger partial charge < -0.3 is 15.3 Å². The first-order valence-corrected chi connectivity index (χ1v) is 11.7. The summed E-state index contributed by atoms with van der Waals surface area (Å²) in [5.74, 6) is 2.36. The summed E-state index contributed by atoms with van der Waals surface area (Å²) in [4.78, 5) is 11.1. The quantitative estimate of drug-likeness (QED) is 0.659. The van der Waals surface area contributed by atoms with E-state index in [4.69, 9.17) is 5.11 Å². The van der Waals surface area contributed by atoms with Crippen molar-refractivity contribution in [3.63, 3.8) is 0 Å². The van der Waals surface area contributed by atoms with E-state index in [0.717, 1.165) is 32.1 Å². The second-order valence-electron chi connectivity index (χ2n) is 11.4. The van der Waals surface area contributed by atoms with E-state index in [1.807, 2.05) is 0 Å². The fourth-order valence-corrected chi connectivity index (χ4v) is 8.73. The number of carboxylic acid groups (broad SMARTS) is 1. The molecule has 0 unspecified atom stereocenters. The van der Waals surface area contributed by atoms with Gasteiger partial charge in [-0.15, -0.1) is 0 Å². The molecule has 0 saturated heterocycles. The number of carboxylic acids is 1.